The van der Waals surface area contributed by atoms with Crippen LogP contribution >= 0.6 is 0 Å². The number of aliphatic carboxylic acids is 1. The van der Waals surface area contributed by atoms with E-state index in [2.05, 4.69) is 5.32 Å². The molecule has 1 unspecified atom stereocenters. The van der Waals surface area contributed by atoms with Crippen molar-refractivity contribution in [2.75, 3.05) is 6.54 Å². The number of rotatable bonds is 13. The van der Waals surface area contributed by atoms with Gasteiger partial charge in [-0.25, -0.2) is 13.2 Å². The fourth-order valence-electron chi connectivity index (χ4n) is 3.67. The van der Waals surface area contributed by atoms with Crippen LogP contribution in [0.2, 0.25) is 0 Å². The molecule has 0 heterocycles. The molecule has 0 aliphatic carbocycles. The molecule has 36 heavy (non-hydrogen) atoms. The third kappa shape index (κ3) is 7.93. The zero-order chi connectivity index (χ0) is 25.8. The number of sulfonamides is 1. The summed E-state index contributed by atoms with van der Waals surface area (Å²) >= 11 is 0. The summed E-state index contributed by atoms with van der Waals surface area (Å²) in [4.78, 5) is 24.1. The van der Waals surface area contributed by atoms with Gasteiger partial charge in [0.1, 0.15) is 12.6 Å². The molecule has 3 aromatic carbocycles. The van der Waals surface area contributed by atoms with Crippen LogP contribution in [0.5, 0.6) is 0 Å². The average Bonchev–Trinajstić information content (AvgIpc) is 2.90. The zero-order valence-corrected chi connectivity index (χ0v) is 20.6. The Balaban J connectivity index is 1.60. The molecule has 1 amide bonds. The molecule has 0 bridgehead atoms. The van der Waals surface area contributed by atoms with Crippen LogP contribution in [-0.4, -0.2) is 42.5 Å². The minimum Gasteiger partial charge on any atom is -0.480 e. The van der Waals surface area contributed by atoms with Crippen LogP contribution < -0.4 is 5.32 Å². The zero-order valence-electron chi connectivity index (χ0n) is 19.8. The summed E-state index contributed by atoms with van der Waals surface area (Å²) in [5, 5.41) is 12.6. The van der Waals surface area contributed by atoms with E-state index in [0.29, 0.717) is 18.4 Å². The van der Waals surface area contributed by atoms with Gasteiger partial charge < -0.3 is 15.2 Å². The fourth-order valence-corrected chi connectivity index (χ4v) is 5.29. The van der Waals surface area contributed by atoms with Crippen molar-refractivity contribution in [1.82, 2.24) is 9.62 Å². The lowest BCUT2D eigenvalue weighted by Gasteiger charge is -2.28. The van der Waals surface area contributed by atoms with Gasteiger partial charge in [0.05, 0.1) is 4.90 Å². The second-order valence-electron chi connectivity index (χ2n) is 8.19. The fraction of sp³-hybridized carbons (Fsp3) is 0.259. The molecule has 2 N–H and O–H groups in total. The van der Waals surface area contributed by atoms with Crippen molar-refractivity contribution in [1.29, 1.82) is 0 Å². The number of hydrogen-bond acceptors (Lipinski definition) is 5. The van der Waals surface area contributed by atoms with E-state index in [0.717, 1.165) is 9.87 Å². The standard InChI is InChI=1S/C27H30N2O6S/c30-26(31)25(18-10-11-19-28-27(32)35-21-23-14-6-2-7-15-23)29(20-22-12-4-1-5-13-22)36(33,34)24-16-8-3-9-17-24/h1-9,12-17,25H,10-11,18-21H2,(H,28,32)(H,30,31). The minimum atomic E-state index is -4.07. The number of amides is 1. The molecule has 0 radical (unpaired) electrons. The van der Waals surface area contributed by atoms with Crippen LogP contribution in [0.15, 0.2) is 95.9 Å². The monoisotopic (exact) mass is 510 g/mol. The number of ether oxygens (including phenoxy) is 1. The van der Waals surface area contributed by atoms with E-state index in [1.807, 2.05) is 36.4 Å². The van der Waals surface area contributed by atoms with Crippen LogP contribution in [0.4, 0.5) is 4.79 Å². The lowest BCUT2D eigenvalue weighted by atomic mass is 10.1. The summed E-state index contributed by atoms with van der Waals surface area (Å²) in [7, 11) is -4.07. The Kier molecular flexibility index (Phi) is 10.0. The number of carbonyl (C=O) groups is 2. The summed E-state index contributed by atoms with van der Waals surface area (Å²) in [5.41, 5.74) is 1.56. The van der Waals surface area contributed by atoms with Gasteiger partial charge in [-0.15, -0.1) is 0 Å². The number of hydrogen-bond donors (Lipinski definition) is 2. The molecule has 8 nitrogen and oxygen atoms in total. The average molecular weight is 511 g/mol. The minimum absolute atomic E-state index is 0.0370. The number of carbonyl (C=O) groups excluding carboxylic acids is 1. The lowest BCUT2D eigenvalue weighted by Crippen LogP contribution is -2.44. The third-order valence-electron chi connectivity index (χ3n) is 5.55. The van der Waals surface area contributed by atoms with Crippen LogP contribution in [0, 0.1) is 0 Å². The van der Waals surface area contributed by atoms with Crippen LogP contribution in [0.25, 0.3) is 0 Å². The highest BCUT2D eigenvalue weighted by molar-refractivity contribution is 7.89. The molecule has 9 heteroatoms. The topological polar surface area (TPSA) is 113 Å². The highest BCUT2D eigenvalue weighted by Crippen LogP contribution is 2.24. The molecule has 0 aliphatic rings. The Hall–Kier alpha value is -3.69. The van der Waals surface area contributed by atoms with E-state index in [1.165, 1.54) is 12.1 Å². The molecular formula is C27H30N2O6S. The van der Waals surface area contributed by atoms with Gasteiger partial charge in [-0.2, -0.15) is 4.31 Å². The summed E-state index contributed by atoms with van der Waals surface area (Å²) in [5.74, 6) is -1.22. The number of nitrogens with one attached hydrogen (secondary N) is 1. The van der Waals surface area contributed by atoms with Gasteiger partial charge in [-0.05, 0) is 42.5 Å². The molecule has 0 saturated carbocycles. The van der Waals surface area contributed by atoms with Crippen LogP contribution in [0.3, 0.4) is 0 Å². The highest BCUT2D eigenvalue weighted by Gasteiger charge is 2.35. The molecular weight excluding hydrogens is 480 g/mol. The van der Waals surface area contributed by atoms with E-state index in [9.17, 15) is 23.1 Å². The Bertz CT molecular complexity index is 1200. The van der Waals surface area contributed by atoms with E-state index < -0.39 is 28.1 Å². The molecule has 0 aliphatic heterocycles. The molecule has 190 valence electrons. The SMILES string of the molecule is O=C(NCCCCC(C(=O)O)N(Cc1ccccc1)S(=O)(=O)c1ccccc1)OCc1ccccc1. The number of alkyl carbamates (subject to hydrolysis) is 1. The second-order valence-corrected chi connectivity index (χ2v) is 10.1. The second kappa shape index (κ2) is 13.4. The van der Waals surface area contributed by atoms with Crippen molar-refractivity contribution in [2.24, 2.45) is 0 Å². The summed E-state index contributed by atoms with van der Waals surface area (Å²) in [6, 6.07) is 24.7. The van der Waals surface area contributed by atoms with Gasteiger partial charge in [-0.1, -0.05) is 78.9 Å². The van der Waals surface area contributed by atoms with Crippen molar-refractivity contribution in [3.63, 3.8) is 0 Å². The van der Waals surface area contributed by atoms with Gasteiger partial charge >= 0.3 is 12.1 Å². The molecule has 0 aromatic heterocycles. The van der Waals surface area contributed by atoms with E-state index in [1.54, 1.807) is 42.5 Å². The van der Waals surface area contributed by atoms with Crippen molar-refractivity contribution in [3.05, 3.63) is 102 Å². The smallest absolute Gasteiger partial charge is 0.407 e. The lowest BCUT2D eigenvalue weighted by molar-refractivity contribution is -0.141. The molecule has 3 rings (SSSR count). The molecule has 0 fully saturated rings. The summed E-state index contributed by atoms with van der Waals surface area (Å²) in [6.07, 6.45) is 0.390. The first kappa shape index (κ1) is 26.9. The quantitative estimate of drug-likeness (QED) is 0.329. The van der Waals surface area contributed by atoms with Crippen LogP contribution in [0.1, 0.15) is 30.4 Å². The van der Waals surface area contributed by atoms with Gasteiger partial charge in [0, 0.05) is 13.1 Å². The highest BCUT2D eigenvalue weighted by atomic mass is 32.2. The maximum atomic E-state index is 13.4. The van der Waals surface area contributed by atoms with Crippen molar-refractivity contribution >= 4 is 22.1 Å². The number of nitrogens with zero attached hydrogens (tertiary/aromatic N) is 1. The largest absolute Gasteiger partial charge is 0.480 e. The first-order valence-electron chi connectivity index (χ1n) is 11.7. The third-order valence-corrected chi connectivity index (χ3v) is 7.42. The predicted molar refractivity (Wildman–Crippen MR) is 136 cm³/mol. The Morgan fingerprint density at radius 2 is 1.39 bits per heavy atom. The van der Waals surface area contributed by atoms with Gasteiger partial charge in [-0.3, -0.25) is 4.79 Å². The van der Waals surface area contributed by atoms with Crippen molar-refractivity contribution < 1.29 is 27.9 Å². The van der Waals surface area contributed by atoms with Gasteiger partial charge in [0.2, 0.25) is 10.0 Å². The molecule has 0 spiro atoms. The Labute approximate surface area is 211 Å². The molecule has 0 saturated heterocycles. The first-order chi connectivity index (χ1) is 17.4. The number of benzene rings is 3. The molecule has 1 atom stereocenters. The van der Waals surface area contributed by atoms with E-state index >= 15 is 0 Å². The van der Waals surface area contributed by atoms with Gasteiger partial charge in [0.15, 0.2) is 0 Å². The summed E-state index contributed by atoms with van der Waals surface area (Å²) in [6.45, 7) is 0.364. The van der Waals surface area contributed by atoms with Crippen molar-refractivity contribution in [2.45, 2.75) is 43.4 Å². The van der Waals surface area contributed by atoms with Crippen LogP contribution in [-0.2, 0) is 32.7 Å². The maximum Gasteiger partial charge on any atom is 0.407 e. The first-order valence-corrected chi connectivity index (χ1v) is 13.1. The van der Waals surface area contributed by atoms with E-state index in [-0.39, 0.29) is 31.0 Å². The predicted octanol–water partition coefficient (Wildman–Crippen LogP) is 4.43. The Morgan fingerprint density at radius 3 is 1.97 bits per heavy atom. The van der Waals surface area contributed by atoms with Gasteiger partial charge in [0.25, 0.3) is 0 Å². The Morgan fingerprint density at radius 1 is 0.833 bits per heavy atom. The normalized spacial score (nSPS) is 12.1. The molecule has 3 aromatic rings. The number of carboxylic acid groups (broad SMARTS) is 1. The van der Waals surface area contributed by atoms with E-state index in [4.69, 9.17) is 4.74 Å². The maximum absolute atomic E-state index is 13.4. The summed E-state index contributed by atoms with van der Waals surface area (Å²) < 4.78 is 33.1. The number of unbranched alkanes of at least 4 members (excludes halogenated alkanes) is 1. The van der Waals surface area contributed by atoms with Crippen molar-refractivity contribution in [3.8, 4) is 0 Å². The number of carboxylic acids is 1.